The summed E-state index contributed by atoms with van der Waals surface area (Å²) in [6, 6.07) is 7.38. The Bertz CT molecular complexity index is 626. The molecule has 98 valence electrons. The number of rotatable bonds is 3. The molecule has 1 fully saturated rings. The molecular weight excluding hydrogens is 262 g/mol. The Morgan fingerprint density at radius 1 is 1.42 bits per heavy atom. The normalized spacial score (nSPS) is 18.6. The molecule has 0 saturated carbocycles. The lowest BCUT2D eigenvalue weighted by atomic mass is 10.1. The van der Waals surface area contributed by atoms with Gasteiger partial charge in [0, 0.05) is 18.0 Å². The predicted octanol–water partition coefficient (Wildman–Crippen LogP) is 3.06. The summed E-state index contributed by atoms with van der Waals surface area (Å²) in [6.45, 7) is 0. The van der Waals surface area contributed by atoms with Gasteiger partial charge in [-0.2, -0.15) is 11.8 Å². The van der Waals surface area contributed by atoms with E-state index >= 15 is 0 Å². The molecule has 2 aromatic rings. The van der Waals surface area contributed by atoms with Gasteiger partial charge in [0.2, 0.25) is 0 Å². The molecule has 6 heteroatoms. The van der Waals surface area contributed by atoms with E-state index in [9.17, 15) is 10.1 Å². The lowest BCUT2D eigenvalue weighted by molar-refractivity contribution is -0.382. The van der Waals surface area contributed by atoms with Crippen molar-refractivity contribution in [2.45, 2.75) is 12.5 Å². The molecule has 1 aromatic carbocycles. The number of benzene rings is 1. The van der Waals surface area contributed by atoms with Crippen molar-refractivity contribution in [2.75, 3.05) is 16.8 Å². The first kappa shape index (κ1) is 12.2. The summed E-state index contributed by atoms with van der Waals surface area (Å²) in [5.41, 5.74) is 1.38. The average Bonchev–Trinajstić information content (AvgIpc) is 2.91. The van der Waals surface area contributed by atoms with Gasteiger partial charge in [0.1, 0.15) is 5.69 Å². The van der Waals surface area contributed by atoms with Gasteiger partial charge in [-0.1, -0.05) is 0 Å². The van der Waals surface area contributed by atoms with E-state index in [0.29, 0.717) is 22.6 Å². The standard InChI is InChI=1S/C13H13N3O2S/c17-16(18)13-10-2-1-6-14-11(10)3-4-12(13)15-9-5-7-19-8-9/h1-4,6,9,15H,5,7-8H2. The molecule has 0 spiro atoms. The molecule has 3 rings (SSSR count). The quantitative estimate of drug-likeness (QED) is 0.688. The summed E-state index contributed by atoms with van der Waals surface area (Å²) in [4.78, 5) is 15.2. The minimum atomic E-state index is -0.325. The number of anilines is 1. The van der Waals surface area contributed by atoms with Crippen LogP contribution in [0.25, 0.3) is 10.9 Å². The average molecular weight is 275 g/mol. The molecule has 1 aliphatic heterocycles. The van der Waals surface area contributed by atoms with Crippen LogP contribution in [-0.2, 0) is 0 Å². The predicted molar refractivity (Wildman–Crippen MR) is 77.8 cm³/mol. The summed E-state index contributed by atoms with van der Waals surface area (Å²) < 4.78 is 0. The van der Waals surface area contributed by atoms with Crippen molar-refractivity contribution in [3.05, 3.63) is 40.6 Å². The number of fused-ring (bicyclic) bond motifs is 1. The van der Waals surface area contributed by atoms with Gasteiger partial charge in [-0.05, 0) is 36.4 Å². The maximum atomic E-state index is 11.3. The highest BCUT2D eigenvalue weighted by Gasteiger charge is 2.22. The van der Waals surface area contributed by atoms with Crippen LogP contribution >= 0.6 is 11.8 Å². The SMILES string of the molecule is O=[N+]([O-])c1c(NC2CCSC2)ccc2ncccc12. The number of pyridine rings is 1. The third-order valence-corrected chi connectivity index (χ3v) is 4.39. The molecule has 1 aromatic heterocycles. The summed E-state index contributed by atoms with van der Waals surface area (Å²) >= 11 is 1.87. The van der Waals surface area contributed by atoms with Crippen LogP contribution in [0.15, 0.2) is 30.5 Å². The van der Waals surface area contributed by atoms with E-state index < -0.39 is 0 Å². The largest absolute Gasteiger partial charge is 0.376 e. The second-order valence-corrected chi connectivity index (χ2v) is 5.64. The van der Waals surface area contributed by atoms with Crippen LogP contribution in [0.5, 0.6) is 0 Å². The lowest BCUT2D eigenvalue weighted by Gasteiger charge is -2.13. The number of hydrogen-bond acceptors (Lipinski definition) is 5. The van der Waals surface area contributed by atoms with Crippen LogP contribution in [0.3, 0.4) is 0 Å². The molecule has 0 bridgehead atoms. The molecule has 0 amide bonds. The molecule has 1 saturated heterocycles. The summed E-state index contributed by atoms with van der Waals surface area (Å²) in [5.74, 6) is 2.11. The minimum Gasteiger partial charge on any atom is -0.376 e. The third-order valence-electron chi connectivity index (χ3n) is 3.23. The van der Waals surface area contributed by atoms with Crippen LogP contribution < -0.4 is 5.32 Å². The first-order valence-electron chi connectivity index (χ1n) is 6.12. The van der Waals surface area contributed by atoms with E-state index in [1.807, 2.05) is 17.8 Å². The molecule has 5 nitrogen and oxygen atoms in total. The van der Waals surface area contributed by atoms with Crippen LogP contribution in [0.4, 0.5) is 11.4 Å². The van der Waals surface area contributed by atoms with E-state index in [1.165, 1.54) is 0 Å². The molecule has 0 aliphatic carbocycles. The zero-order valence-corrected chi connectivity index (χ0v) is 11.0. The fourth-order valence-electron chi connectivity index (χ4n) is 2.32. The highest BCUT2D eigenvalue weighted by Crippen LogP contribution is 2.34. The van der Waals surface area contributed by atoms with Gasteiger partial charge in [-0.15, -0.1) is 0 Å². The van der Waals surface area contributed by atoms with E-state index in [-0.39, 0.29) is 10.6 Å². The lowest BCUT2D eigenvalue weighted by Crippen LogP contribution is -2.18. The van der Waals surface area contributed by atoms with Crippen molar-refractivity contribution >= 4 is 34.0 Å². The summed E-state index contributed by atoms with van der Waals surface area (Å²) in [6.07, 6.45) is 2.69. The van der Waals surface area contributed by atoms with E-state index in [0.717, 1.165) is 17.9 Å². The Labute approximate surface area is 114 Å². The topological polar surface area (TPSA) is 68.1 Å². The third kappa shape index (κ3) is 2.35. The highest BCUT2D eigenvalue weighted by atomic mass is 32.2. The van der Waals surface area contributed by atoms with Gasteiger partial charge in [0.05, 0.1) is 15.8 Å². The number of nitro groups is 1. The van der Waals surface area contributed by atoms with E-state index in [4.69, 9.17) is 0 Å². The Hall–Kier alpha value is -1.82. The monoisotopic (exact) mass is 275 g/mol. The smallest absolute Gasteiger partial charge is 0.301 e. The van der Waals surface area contributed by atoms with E-state index in [2.05, 4.69) is 10.3 Å². The first-order valence-corrected chi connectivity index (χ1v) is 7.27. The number of aromatic nitrogens is 1. The van der Waals surface area contributed by atoms with Crippen molar-refractivity contribution in [3.8, 4) is 0 Å². The minimum absolute atomic E-state index is 0.127. The molecule has 1 unspecified atom stereocenters. The van der Waals surface area contributed by atoms with Gasteiger partial charge in [0.25, 0.3) is 0 Å². The molecule has 2 heterocycles. The van der Waals surface area contributed by atoms with Crippen LogP contribution in [0, 0.1) is 10.1 Å². The molecule has 1 aliphatic rings. The number of nitrogens with one attached hydrogen (secondary N) is 1. The van der Waals surface area contributed by atoms with Gasteiger partial charge < -0.3 is 5.32 Å². The Morgan fingerprint density at radius 2 is 2.32 bits per heavy atom. The second kappa shape index (κ2) is 5.05. The highest BCUT2D eigenvalue weighted by molar-refractivity contribution is 7.99. The number of thioether (sulfide) groups is 1. The van der Waals surface area contributed by atoms with Crippen LogP contribution in [-0.4, -0.2) is 27.5 Å². The molecule has 1 N–H and O–H groups in total. The van der Waals surface area contributed by atoms with Gasteiger partial charge in [0.15, 0.2) is 0 Å². The van der Waals surface area contributed by atoms with Crippen molar-refractivity contribution in [1.29, 1.82) is 0 Å². The summed E-state index contributed by atoms with van der Waals surface area (Å²) in [5, 5.41) is 15.2. The Kier molecular flexibility index (Phi) is 3.25. The Balaban J connectivity index is 2.07. The maximum absolute atomic E-state index is 11.3. The first-order chi connectivity index (χ1) is 9.25. The number of nitro benzene ring substituents is 1. The van der Waals surface area contributed by atoms with Gasteiger partial charge in [-0.25, -0.2) is 0 Å². The fraction of sp³-hybridized carbons (Fsp3) is 0.308. The molecule has 0 radical (unpaired) electrons. The molecule has 19 heavy (non-hydrogen) atoms. The molecular formula is C13H13N3O2S. The zero-order valence-electron chi connectivity index (χ0n) is 10.2. The van der Waals surface area contributed by atoms with Crippen LogP contribution in [0.2, 0.25) is 0 Å². The van der Waals surface area contributed by atoms with Crippen molar-refractivity contribution in [2.24, 2.45) is 0 Å². The zero-order chi connectivity index (χ0) is 13.2. The number of nitrogens with zero attached hydrogens (tertiary/aromatic N) is 2. The van der Waals surface area contributed by atoms with Crippen molar-refractivity contribution < 1.29 is 4.92 Å². The Morgan fingerprint density at radius 3 is 3.05 bits per heavy atom. The van der Waals surface area contributed by atoms with Gasteiger partial charge >= 0.3 is 5.69 Å². The maximum Gasteiger partial charge on any atom is 0.301 e. The molecule has 1 atom stereocenters. The van der Waals surface area contributed by atoms with Crippen molar-refractivity contribution in [3.63, 3.8) is 0 Å². The number of hydrogen-bond donors (Lipinski definition) is 1. The van der Waals surface area contributed by atoms with Gasteiger partial charge in [-0.3, -0.25) is 15.1 Å². The fourth-order valence-corrected chi connectivity index (χ4v) is 3.47. The second-order valence-electron chi connectivity index (χ2n) is 4.49. The van der Waals surface area contributed by atoms with E-state index in [1.54, 1.807) is 24.4 Å². The van der Waals surface area contributed by atoms with Crippen molar-refractivity contribution in [1.82, 2.24) is 4.98 Å². The summed E-state index contributed by atoms with van der Waals surface area (Å²) in [7, 11) is 0. The van der Waals surface area contributed by atoms with Crippen LogP contribution in [0.1, 0.15) is 6.42 Å².